The second-order valence-corrected chi connectivity index (χ2v) is 7.14. The molecule has 24 heavy (non-hydrogen) atoms. The molecule has 0 radical (unpaired) electrons. The molecule has 2 unspecified atom stereocenters. The lowest BCUT2D eigenvalue weighted by Gasteiger charge is -2.28. The summed E-state index contributed by atoms with van der Waals surface area (Å²) in [7, 11) is -6.26. The van der Waals surface area contributed by atoms with Crippen LogP contribution in [0.5, 0.6) is 0 Å². The maximum atomic E-state index is 12.8. The van der Waals surface area contributed by atoms with E-state index in [1.165, 1.54) is 12.1 Å². The van der Waals surface area contributed by atoms with Crippen molar-refractivity contribution < 1.29 is 48.8 Å². The molecule has 136 valence electrons. The topological polar surface area (TPSA) is 80.7 Å². The van der Waals surface area contributed by atoms with Gasteiger partial charge in [-0.05, 0) is 46.9 Å². The van der Waals surface area contributed by atoms with Crippen LogP contribution in [-0.2, 0) is 14.9 Å². The second-order valence-electron chi connectivity index (χ2n) is 4.35. The number of hydrogen-bond donors (Lipinski definition) is 1. The first kappa shape index (κ1) is 21.0. The van der Waals surface area contributed by atoms with Gasteiger partial charge in [-0.3, -0.25) is 4.55 Å². The summed E-state index contributed by atoms with van der Waals surface area (Å²) in [6.45, 7) is 0. The van der Waals surface area contributed by atoms with Crippen LogP contribution >= 0.6 is 22.6 Å². The third-order valence-electron chi connectivity index (χ3n) is 2.56. The van der Waals surface area contributed by atoms with Crippen molar-refractivity contribution in [2.75, 3.05) is 0 Å². The van der Waals surface area contributed by atoms with Crippen LogP contribution in [0, 0.1) is 3.57 Å². The van der Waals surface area contributed by atoms with Crippen molar-refractivity contribution in [3.05, 3.63) is 33.4 Å². The summed E-state index contributed by atoms with van der Waals surface area (Å²) in [4.78, 5) is 11.6. The van der Waals surface area contributed by atoms with Crippen molar-refractivity contribution in [1.29, 1.82) is 0 Å². The minimum Gasteiger partial charge on any atom is -0.447 e. The number of hydrogen-bond acceptors (Lipinski definition) is 4. The average Bonchev–Trinajstić information content (AvgIpc) is 2.34. The van der Waals surface area contributed by atoms with Crippen molar-refractivity contribution in [3.63, 3.8) is 0 Å². The molecule has 1 aromatic carbocycles. The highest BCUT2D eigenvalue weighted by Crippen LogP contribution is 2.37. The van der Waals surface area contributed by atoms with Crippen molar-refractivity contribution in [1.82, 2.24) is 0 Å². The van der Waals surface area contributed by atoms with Crippen LogP contribution in [0.2, 0.25) is 0 Å². The zero-order chi connectivity index (χ0) is 18.9. The molecule has 0 amide bonds. The molecule has 0 saturated heterocycles. The second kappa shape index (κ2) is 7.03. The van der Waals surface area contributed by atoms with Crippen molar-refractivity contribution >= 4 is 38.7 Å². The summed E-state index contributed by atoms with van der Waals surface area (Å²) >= 11 is 1.80. The molecule has 0 aliphatic heterocycles. The average molecular weight is 492 g/mol. The first-order valence-electron chi connectivity index (χ1n) is 5.70. The monoisotopic (exact) mass is 492 g/mol. The van der Waals surface area contributed by atoms with Gasteiger partial charge >= 0.3 is 18.3 Å². The maximum absolute atomic E-state index is 12.8. The highest BCUT2D eigenvalue weighted by atomic mass is 127. The summed E-state index contributed by atoms with van der Waals surface area (Å²) in [6, 6.07) is 4.49. The number of carbonyl (C=O) groups excluding carboxylic acids is 1. The lowest BCUT2D eigenvalue weighted by atomic mass is 10.2. The number of ether oxygens (including phenoxy) is 1. The first-order chi connectivity index (χ1) is 10.6. The van der Waals surface area contributed by atoms with E-state index in [1.807, 2.05) is 0 Å². The Morgan fingerprint density at radius 3 is 1.83 bits per heavy atom. The number of benzene rings is 1. The molecule has 2 atom stereocenters. The van der Waals surface area contributed by atoms with E-state index in [0.29, 0.717) is 3.57 Å². The molecule has 0 aromatic heterocycles. The van der Waals surface area contributed by atoms with E-state index in [0.717, 1.165) is 12.1 Å². The lowest BCUT2D eigenvalue weighted by Crippen LogP contribution is -2.54. The van der Waals surface area contributed by atoms with Gasteiger partial charge in [-0.2, -0.15) is 34.8 Å². The Morgan fingerprint density at radius 1 is 1.04 bits per heavy atom. The minimum absolute atomic E-state index is 0.527. The molecule has 1 aromatic rings. The number of esters is 1. The Kier molecular flexibility index (Phi) is 6.14. The Balaban J connectivity index is 3.27. The first-order valence-corrected chi connectivity index (χ1v) is 8.28. The lowest BCUT2D eigenvalue weighted by molar-refractivity contribution is -0.239. The van der Waals surface area contributed by atoms with Gasteiger partial charge in [-0.25, -0.2) is 4.79 Å². The van der Waals surface area contributed by atoms with Gasteiger partial charge in [0.25, 0.3) is 10.1 Å². The number of rotatable bonds is 4. The fourth-order valence-corrected chi connectivity index (χ4v) is 2.79. The Labute approximate surface area is 144 Å². The molecular weight excluding hydrogens is 485 g/mol. The molecule has 0 aliphatic carbocycles. The summed E-state index contributed by atoms with van der Waals surface area (Å²) in [5.41, 5.74) is -0.527. The fraction of sp³-hybridized carbons (Fsp3) is 0.364. The van der Waals surface area contributed by atoms with Crippen LogP contribution in [0.3, 0.4) is 0 Å². The Morgan fingerprint density at radius 2 is 1.50 bits per heavy atom. The Hall–Kier alpha value is -1.09. The number of carbonyl (C=O) groups is 1. The number of alkyl halides is 6. The van der Waals surface area contributed by atoms with Crippen LogP contribution in [0.25, 0.3) is 0 Å². The molecule has 13 heteroatoms. The smallest absolute Gasteiger partial charge is 0.427 e. The van der Waals surface area contributed by atoms with E-state index in [9.17, 15) is 39.6 Å². The SMILES string of the molecule is O=C(OC(C(C(F)(F)F)S(=O)(=O)O)C(F)(F)F)c1ccc(I)cc1. The van der Waals surface area contributed by atoms with Crippen molar-refractivity contribution in [2.24, 2.45) is 0 Å². The minimum atomic E-state index is -6.26. The largest absolute Gasteiger partial charge is 0.447 e. The van der Waals surface area contributed by atoms with Gasteiger partial charge in [0.2, 0.25) is 11.4 Å². The standard InChI is InChI=1S/C11H7F6IO5S/c12-10(13,14)7(8(11(15,16)17)24(20,21)22)23-9(19)5-1-3-6(18)4-2-5/h1-4,7-8H,(H,20,21,22). The van der Waals surface area contributed by atoms with Gasteiger partial charge in [0.1, 0.15) is 0 Å². The molecule has 0 saturated carbocycles. The predicted octanol–water partition coefficient (Wildman–Crippen LogP) is 3.20. The molecule has 0 fully saturated rings. The third-order valence-corrected chi connectivity index (χ3v) is 4.43. The van der Waals surface area contributed by atoms with Gasteiger partial charge in [-0.1, -0.05) is 0 Å². The van der Waals surface area contributed by atoms with E-state index < -0.39 is 45.4 Å². The predicted molar refractivity (Wildman–Crippen MR) is 75.8 cm³/mol. The quantitative estimate of drug-likeness (QED) is 0.303. The van der Waals surface area contributed by atoms with Gasteiger partial charge in [-0.15, -0.1) is 0 Å². The summed E-state index contributed by atoms with van der Waals surface area (Å²) in [5, 5.41) is -4.36. The zero-order valence-electron chi connectivity index (χ0n) is 11.1. The molecule has 1 N–H and O–H groups in total. The maximum Gasteiger partial charge on any atom is 0.427 e. The fourth-order valence-electron chi connectivity index (χ4n) is 1.57. The highest BCUT2D eigenvalue weighted by molar-refractivity contribution is 14.1. The van der Waals surface area contributed by atoms with E-state index >= 15 is 0 Å². The normalized spacial score (nSPS) is 15.7. The molecule has 5 nitrogen and oxygen atoms in total. The van der Waals surface area contributed by atoms with Crippen LogP contribution in [0.15, 0.2) is 24.3 Å². The van der Waals surface area contributed by atoms with Crippen LogP contribution < -0.4 is 0 Å². The van der Waals surface area contributed by atoms with E-state index in [4.69, 9.17) is 4.55 Å². The van der Waals surface area contributed by atoms with Crippen molar-refractivity contribution in [2.45, 2.75) is 23.7 Å². The third kappa shape index (κ3) is 5.47. The molecule has 0 aliphatic rings. The van der Waals surface area contributed by atoms with E-state index in [2.05, 4.69) is 4.74 Å². The summed E-state index contributed by atoms with van der Waals surface area (Å²) < 4.78 is 111. The van der Waals surface area contributed by atoms with Gasteiger partial charge in [0.05, 0.1) is 5.56 Å². The molecule has 0 heterocycles. The number of halogens is 7. The summed E-state index contributed by atoms with van der Waals surface area (Å²) in [5.74, 6) is -1.83. The zero-order valence-corrected chi connectivity index (χ0v) is 14.1. The van der Waals surface area contributed by atoms with Gasteiger partial charge in [0, 0.05) is 3.57 Å². The van der Waals surface area contributed by atoms with Crippen LogP contribution in [0.4, 0.5) is 26.3 Å². The Bertz CT molecular complexity index is 697. The molecule has 0 spiro atoms. The highest BCUT2D eigenvalue weighted by Gasteiger charge is 2.63. The molecule has 1 rings (SSSR count). The molecular formula is C11H7F6IO5S. The van der Waals surface area contributed by atoms with E-state index in [1.54, 1.807) is 22.6 Å². The summed E-state index contributed by atoms with van der Waals surface area (Å²) in [6.07, 6.45) is -16.0. The van der Waals surface area contributed by atoms with Crippen molar-refractivity contribution in [3.8, 4) is 0 Å². The van der Waals surface area contributed by atoms with Crippen LogP contribution in [-0.4, -0.2) is 42.6 Å². The van der Waals surface area contributed by atoms with Crippen LogP contribution in [0.1, 0.15) is 10.4 Å². The van der Waals surface area contributed by atoms with Gasteiger partial charge in [0.15, 0.2) is 0 Å². The van der Waals surface area contributed by atoms with Gasteiger partial charge < -0.3 is 4.74 Å². The van der Waals surface area contributed by atoms with E-state index in [-0.39, 0.29) is 0 Å². The molecule has 0 bridgehead atoms.